The standard InChI is InChI=1S/C11H21NO/c1-2-9-13-10-5-3-4-8-12-11-6-7-11/h2,11-12H,1,3-10H2. The molecule has 1 aliphatic rings. The molecule has 0 saturated heterocycles. The van der Waals surface area contributed by atoms with Crippen LogP contribution >= 0.6 is 0 Å². The summed E-state index contributed by atoms with van der Waals surface area (Å²) in [6.07, 6.45) is 8.32. The van der Waals surface area contributed by atoms with Crippen molar-refractivity contribution in [2.75, 3.05) is 19.8 Å². The van der Waals surface area contributed by atoms with Gasteiger partial charge in [-0.15, -0.1) is 6.58 Å². The monoisotopic (exact) mass is 183 g/mol. The van der Waals surface area contributed by atoms with E-state index in [2.05, 4.69) is 11.9 Å². The van der Waals surface area contributed by atoms with Crippen LogP contribution in [0.25, 0.3) is 0 Å². The largest absolute Gasteiger partial charge is 0.377 e. The molecule has 0 aliphatic heterocycles. The first-order valence-electron chi connectivity index (χ1n) is 5.35. The Bertz CT molecular complexity index is 132. The molecule has 1 rings (SSSR count). The molecule has 0 spiro atoms. The van der Waals surface area contributed by atoms with Crippen LogP contribution in [0.4, 0.5) is 0 Å². The van der Waals surface area contributed by atoms with E-state index in [1.54, 1.807) is 6.08 Å². The summed E-state index contributed by atoms with van der Waals surface area (Å²) in [5.74, 6) is 0. The molecule has 0 bridgehead atoms. The second-order valence-corrected chi connectivity index (χ2v) is 3.65. The van der Waals surface area contributed by atoms with E-state index in [4.69, 9.17) is 4.74 Å². The summed E-state index contributed by atoms with van der Waals surface area (Å²) < 4.78 is 5.28. The predicted octanol–water partition coefficient (Wildman–Crippen LogP) is 2.11. The van der Waals surface area contributed by atoms with E-state index < -0.39 is 0 Å². The summed E-state index contributed by atoms with van der Waals surface area (Å²) in [7, 11) is 0. The van der Waals surface area contributed by atoms with Crippen molar-refractivity contribution in [3.05, 3.63) is 12.7 Å². The van der Waals surface area contributed by atoms with Crippen LogP contribution in [0.5, 0.6) is 0 Å². The van der Waals surface area contributed by atoms with Gasteiger partial charge in [0, 0.05) is 12.6 Å². The smallest absolute Gasteiger partial charge is 0.0644 e. The Morgan fingerprint density at radius 2 is 2.15 bits per heavy atom. The number of nitrogens with one attached hydrogen (secondary N) is 1. The average Bonchev–Trinajstić information content (AvgIpc) is 2.93. The van der Waals surface area contributed by atoms with Crippen LogP contribution in [0.2, 0.25) is 0 Å². The van der Waals surface area contributed by atoms with Crippen LogP contribution < -0.4 is 5.32 Å². The van der Waals surface area contributed by atoms with Gasteiger partial charge in [0.25, 0.3) is 0 Å². The number of rotatable bonds is 9. The van der Waals surface area contributed by atoms with Crippen molar-refractivity contribution in [1.29, 1.82) is 0 Å². The highest BCUT2D eigenvalue weighted by Crippen LogP contribution is 2.18. The van der Waals surface area contributed by atoms with E-state index >= 15 is 0 Å². The molecular weight excluding hydrogens is 162 g/mol. The molecule has 1 saturated carbocycles. The fourth-order valence-electron chi connectivity index (χ4n) is 1.27. The first-order chi connectivity index (χ1) is 6.43. The minimum atomic E-state index is 0.695. The van der Waals surface area contributed by atoms with Gasteiger partial charge in [-0.1, -0.05) is 6.08 Å². The maximum Gasteiger partial charge on any atom is 0.0644 e. The zero-order valence-electron chi connectivity index (χ0n) is 8.43. The molecule has 0 unspecified atom stereocenters. The van der Waals surface area contributed by atoms with Gasteiger partial charge < -0.3 is 10.1 Å². The minimum absolute atomic E-state index is 0.695. The van der Waals surface area contributed by atoms with Crippen molar-refractivity contribution in [3.63, 3.8) is 0 Å². The van der Waals surface area contributed by atoms with E-state index in [0.29, 0.717) is 6.61 Å². The molecular formula is C11H21NO. The number of ether oxygens (including phenoxy) is 1. The summed E-state index contributed by atoms with van der Waals surface area (Å²) >= 11 is 0. The Morgan fingerprint density at radius 3 is 2.85 bits per heavy atom. The van der Waals surface area contributed by atoms with E-state index in [9.17, 15) is 0 Å². The van der Waals surface area contributed by atoms with Gasteiger partial charge in [-0.05, 0) is 38.6 Å². The Morgan fingerprint density at radius 1 is 1.31 bits per heavy atom. The number of unbranched alkanes of at least 4 members (excludes halogenated alkanes) is 2. The fourth-order valence-corrected chi connectivity index (χ4v) is 1.27. The number of hydrogen-bond donors (Lipinski definition) is 1. The molecule has 76 valence electrons. The van der Waals surface area contributed by atoms with Crippen molar-refractivity contribution < 1.29 is 4.74 Å². The maximum atomic E-state index is 5.28. The summed E-state index contributed by atoms with van der Waals surface area (Å²) in [5, 5.41) is 3.50. The highest BCUT2D eigenvalue weighted by atomic mass is 16.5. The normalized spacial score (nSPS) is 16.0. The molecule has 0 aromatic heterocycles. The molecule has 0 atom stereocenters. The highest BCUT2D eigenvalue weighted by molar-refractivity contribution is 4.80. The number of hydrogen-bond acceptors (Lipinski definition) is 2. The van der Waals surface area contributed by atoms with Crippen LogP contribution in [0.1, 0.15) is 32.1 Å². The molecule has 0 radical (unpaired) electrons. The molecule has 2 nitrogen and oxygen atoms in total. The summed E-state index contributed by atoms with van der Waals surface area (Å²) in [4.78, 5) is 0. The van der Waals surface area contributed by atoms with E-state index in [0.717, 1.165) is 12.6 Å². The first kappa shape index (κ1) is 10.7. The van der Waals surface area contributed by atoms with Crippen LogP contribution in [0, 0.1) is 0 Å². The lowest BCUT2D eigenvalue weighted by Gasteiger charge is -2.02. The van der Waals surface area contributed by atoms with Gasteiger partial charge in [0.05, 0.1) is 6.61 Å². The van der Waals surface area contributed by atoms with Gasteiger partial charge in [-0.25, -0.2) is 0 Å². The molecule has 0 aromatic rings. The van der Waals surface area contributed by atoms with Crippen molar-refractivity contribution in [1.82, 2.24) is 5.32 Å². The Hall–Kier alpha value is -0.340. The van der Waals surface area contributed by atoms with Crippen LogP contribution in [-0.4, -0.2) is 25.8 Å². The second kappa shape index (κ2) is 7.10. The highest BCUT2D eigenvalue weighted by Gasteiger charge is 2.19. The summed E-state index contributed by atoms with van der Waals surface area (Å²) in [6, 6.07) is 0.858. The van der Waals surface area contributed by atoms with Gasteiger partial charge in [0.1, 0.15) is 0 Å². The molecule has 0 amide bonds. The SMILES string of the molecule is C=CCOCCCCCNC1CC1. The van der Waals surface area contributed by atoms with E-state index in [1.165, 1.54) is 38.6 Å². The molecule has 0 heterocycles. The fraction of sp³-hybridized carbons (Fsp3) is 0.818. The van der Waals surface area contributed by atoms with Gasteiger partial charge in [-0.3, -0.25) is 0 Å². The second-order valence-electron chi connectivity index (χ2n) is 3.65. The minimum Gasteiger partial charge on any atom is -0.377 e. The first-order valence-corrected chi connectivity index (χ1v) is 5.35. The Balaban J connectivity index is 1.65. The van der Waals surface area contributed by atoms with Crippen molar-refractivity contribution in [2.45, 2.75) is 38.1 Å². The third kappa shape index (κ3) is 6.79. The summed E-state index contributed by atoms with van der Waals surface area (Å²) in [5.41, 5.74) is 0. The van der Waals surface area contributed by atoms with Crippen LogP contribution in [0.3, 0.4) is 0 Å². The zero-order valence-corrected chi connectivity index (χ0v) is 8.43. The molecule has 0 aromatic carbocycles. The third-order valence-electron chi connectivity index (χ3n) is 2.21. The van der Waals surface area contributed by atoms with Crippen molar-refractivity contribution in [3.8, 4) is 0 Å². The van der Waals surface area contributed by atoms with E-state index in [-0.39, 0.29) is 0 Å². The lowest BCUT2D eigenvalue weighted by Crippen LogP contribution is -2.17. The third-order valence-corrected chi connectivity index (χ3v) is 2.21. The van der Waals surface area contributed by atoms with E-state index in [1.807, 2.05) is 0 Å². The zero-order chi connectivity index (χ0) is 9.36. The Labute approximate surface area is 81.4 Å². The van der Waals surface area contributed by atoms with Gasteiger partial charge in [-0.2, -0.15) is 0 Å². The average molecular weight is 183 g/mol. The van der Waals surface area contributed by atoms with Gasteiger partial charge in [0.15, 0.2) is 0 Å². The topological polar surface area (TPSA) is 21.3 Å². The quantitative estimate of drug-likeness (QED) is 0.436. The van der Waals surface area contributed by atoms with Crippen molar-refractivity contribution >= 4 is 0 Å². The molecule has 1 fully saturated rings. The Kier molecular flexibility index (Phi) is 5.87. The molecule has 2 heteroatoms. The lowest BCUT2D eigenvalue weighted by atomic mass is 10.2. The molecule has 1 N–H and O–H groups in total. The van der Waals surface area contributed by atoms with Crippen molar-refractivity contribution in [2.24, 2.45) is 0 Å². The lowest BCUT2D eigenvalue weighted by molar-refractivity contribution is 0.157. The van der Waals surface area contributed by atoms with Crippen LogP contribution in [0.15, 0.2) is 12.7 Å². The summed E-state index contributed by atoms with van der Waals surface area (Å²) in [6.45, 7) is 6.37. The van der Waals surface area contributed by atoms with Gasteiger partial charge >= 0.3 is 0 Å². The van der Waals surface area contributed by atoms with Crippen LogP contribution in [-0.2, 0) is 4.74 Å². The maximum absolute atomic E-state index is 5.28. The predicted molar refractivity (Wildman–Crippen MR) is 55.9 cm³/mol. The molecule has 1 aliphatic carbocycles. The molecule has 13 heavy (non-hydrogen) atoms. The van der Waals surface area contributed by atoms with Gasteiger partial charge in [0.2, 0.25) is 0 Å².